The monoisotopic (exact) mass is 1330 g/mol. The van der Waals surface area contributed by atoms with Gasteiger partial charge in [-0.1, -0.05) is 53.2 Å². The Morgan fingerprint density at radius 2 is 1.31 bits per heavy atom. The van der Waals surface area contributed by atoms with Gasteiger partial charge in [0.2, 0.25) is 0 Å². The first-order valence-electron chi connectivity index (χ1n) is 29.5. The van der Waals surface area contributed by atoms with E-state index in [0.29, 0.717) is 38.5 Å². The van der Waals surface area contributed by atoms with Gasteiger partial charge in [0.1, 0.15) is 84.6 Å². The number of cyclic esters (lactones) is 1. The van der Waals surface area contributed by atoms with E-state index in [1.807, 2.05) is 20.8 Å². The van der Waals surface area contributed by atoms with Crippen molar-refractivity contribution >= 4 is 42.9 Å². The average molecular weight is 1330 g/mol. The van der Waals surface area contributed by atoms with Crippen LogP contribution >= 0.6 is 0 Å². The molecule has 506 valence electrons. The molecule has 88 heavy (non-hydrogen) atoms. The van der Waals surface area contributed by atoms with Gasteiger partial charge in [-0.2, -0.15) is 25.3 Å². The molecular weight excluding hydrogens is 1240 g/mol. The summed E-state index contributed by atoms with van der Waals surface area (Å²) in [7, 11) is -14.7. The summed E-state index contributed by atoms with van der Waals surface area (Å²) in [6.45, 7) is 12.8. The van der Waals surface area contributed by atoms with Crippen molar-refractivity contribution in [2.45, 2.75) is 236 Å². The number of allylic oxidation sites excluding steroid dienone is 2. The van der Waals surface area contributed by atoms with Crippen LogP contribution in [0.2, 0.25) is 0 Å². The van der Waals surface area contributed by atoms with E-state index in [9.17, 15) is 79.7 Å². The van der Waals surface area contributed by atoms with E-state index in [0.717, 1.165) is 20.0 Å². The lowest BCUT2D eigenvalue weighted by molar-refractivity contribution is -0.398. The number of fused-ring (bicyclic) bond motifs is 4. The molecule has 9 rings (SSSR count). The Labute approximate surface area is 510 Å². The van der Waals surface area contributed by atoms with E-state index < -0.39 is 196 Å². The van der Waals surface area contributed by atoms with Crippen molar-refractivity contribution in [2.75, 3.05) is 26.9 Å². The molecule has 10 N–H and O–H groups in total. The summed E-state index contributed by atoms with van der Waals surface area (Å²) in [5.41, 5.74) is -1.94. The Kier molecular flexibility index (Phi) is 20.4. The van der Waals surface area contributed by atoms with Crippen molar-refractivity contribution < 1.29 is 144 Å². The minimum atomic E-state index is -5.34. The summed E-state index contributed by atoms with van der Waals surface area (Å²) >= 11 is 0. The van der Waals surface area contributed by atoms with Crippen LogP contribution in [0.4, 0.5) is 0 Å². The maximum Gasteiger partial charge on any atom is 0.397 e. The van der Waals surface area contributed by atoms with Gasteiger partial charge in [-0.3, -0.25) is 23.2 Å². The topological polar surface area (TPSA) is 459 Å². The third kappa shape index (κ3) is 13.3. The summed E-state index contributed by atoms with van der Waals surface area (Å²) in [6, 6.07) is 0. The molecule has 27 unspecified atom stereocenters. The summed E-state index contributed by atoms with van der Waals surface area (Å²) < 4.78 is 172. The van der Waals surface area contributed by atoms with Gasteiger partial charge in [-0.25, -0.2) is 12.5 Å². The SMILES string of the molecule is COC1C(O)C(COS(=O)(=O)O)OC(OC2C(O)C(O)OC(OC3C(C)OC(OC4C(OC5CCC6(C)C7CCC89C(=O)OC(C)(CC(=O)CC(C)C)C8CCC9(C)C7=CCC6C5(C)C)OCC(OS(=O)(=O)O)C4O)C(O)C3O)C2COS(=O)(=O)O)C1O. The Morgan fingerprint density at radius 1 is 0.670 bits per heavy atom. The van der Waals surface area contributed by atoms with Gasteiger partial charge in [-0.05, 0) is 87.4 Å². The maximum atomic E-state index is 14.4. The molecule has 1 spiro atoms. The first-order chi connectivity index (χ1) is 40.7. The number of carbonyl (C=O) groups is 2. The van der Waals surface area contributed by atoms with Crippen LogP contribution in [-0.2, 0) is 101 Å². The van der Waals surface area contributed by atoms with Gasteiger partial charge in [0, 0.05) is 31.3 Å². The van der Waals surface area contributed by atoms with Gasteiger partial charge in [0.05, 0.1) is 43.4 Å². The first kappa shape index (κ1) is 70.2. The number of Topliss-reactive ketones (excluding diaryl/α,β-unsaturated/α-hetero) is 1. The molecule has 5 aliphatic heterocycles. The highest BCUT2D eigenvalue weighted by molar-refractivity contribution is 7.81. The van der Waals surface area contributed by atoms with Crippen molar-refractivity contribution in [3.63, 3.8) is 0 Å². The second-order valence-corrected chi connectivity index (χ2v) is 30.1. The molecule has 0 amide bonds. The number of rotatable bonds is 21. The third-order valence-electron chi connectivity index (χ3n) is 20.8. The standard InChI is InChI=1S/C54H86O31S3/c1-23(2)18-25(55)19-53(8)32-13-16-52(7)28-10-11-31-50(4,5)33(14-15-51(31,6)27(28)12-17-54(32,52)49(63)84-53)79-48-43(35(57)30(21-74-48)85-88(70,71)72)82-46-37(59)36(58)40(24(3)77-46)80-45-26(20-75-86(64,65)66)41(38(60)44(62)83-45)81-47-39(61)42(73-9)34(56)29(78-47)22-76-87(67,68)69/h10,23-24,26-27,29-48,56-62H,11-22H2,1-9H3,(H,64,65,66)(H,67,68,69)(H,70,71,72). The van der Waals surface area contributed by atoms with E-state index in [1.54, 1.807) is 0 Å². The van der Waals surface area contributed by atoms with Gasteiger partial charge < -0.3 is 83.1 Å². The third-order valence-corrected chi connectivity index (χ3v) is 22.1. The van der Waals surface area contributed by atoms with Crippen LogP contribution in [0.25, 0.3) is 0 Å². The van der Waals surface area contributed by atoms with Crippen LogP contribution in [0, 0.1) is 51.2 Å². The van der Waals surface area contributed by atoms with Crippen LogP contribution in [0.15, 0.2) is 11.6 Å². The highest BCUT2D eigenvalue weighted by Crippen LogP contribution is 2.76. The van der Waals surface area contributed by atoms with Gasteiger partial charge in [0.25, 0.3) is 0 Å². The molecule has 5 saturated heterocycles. The lowest BCUT2D eigenvalue weighted by Gasteiger charge is -2.64. The Morgan fingerprint density at radius 3 is 1.94 bits per heavy atom. The Balaban J connectivity index is 0.919. The van der Waals surface area contributed by atoms with Crippen LogP contribution in [0.5, 0.6) is 0 Å². The molecule has 34 heteroatoms. The highest BCUT2D eigenvalue weighted by Gasteiger charge is 2.76. The van der Waals surface area contributed by atoms with Crippen LogP contribution < -0.4 is 0 Å². The lowest BCUT2D eigenvalue weighted by Crippen LogP contribution is -2.66. The van der Waals surface area contributed by atoms with E-state index >= 15 is 0 Å². The number of ether oxygens (including phenoxy) is 10. The second kappa shape index (κ2) is 25.5. The molecule has 0 aromatic heterocycles. The van der Waals surface area contributed by atoms with Crippen molar-refractivity contribution in [3.05, 3.63) is 11.6 Å². The van der Waals surface area contributed by atoms with Gasteiger partial charge in [-0.15, -0.1) is 0 Å². The van der Waals surface area contributed by atoms with E-state index in [-0.39, 0.29) is 47.3 Å². The molecule has 27 atom stereocenters. The fourth-order valence-electron chi connectivity index (χ4n) is 16.7. The molecule has 31 nitrogen and oxygen atoms in total. The molecule has 0 bridgehead atoms. The lowest BCUT2D eigenvalue weighted by atomic mass is 9.41. The number of hydrogen-bond donors (Lipinski definition) is 10. The molecule has 8 fully saturated rings. The minimum absolute atomic E-state index is 0.0347. The average Bonchev–Trinajstić information content (AvgIpc) is 1.43. The zero-order chi connectivity index (χ0) is 65.0. The number of aliphatic hydroxyl groups is 7. The molecule has 0 radical (unpaired) electrons. The zero-order valence-corrected chi connectivity index (χ0v) is 52.6. The Hall–Kier alpha value is -2.15. The number of carbonyl (C=O) groups excluding carboxylic acids is 2. The van der Waals surface area contributed by atoms with Gasteiger partial charge in [0.15, 0.2) is 31.5 Å². The number of methoxy groups -OCH3 is 1. The van der Waals surface area contributed by atoms with Crippen LogP contribution in [-0.4, -0.2) is 236 Å². The molecular formula is C54H86O31S3. The molecule has 3 saturated carbocycles. The quantitative estimate of drug-likeness (QED) is 0.0395. The minimum Gasteiger partial charge on any atom is -0.458 e. The van der Waals surface area contributed by atoms with Gasteiger partial charge >= 0.3 is 37.2 Å². The summed E-state index contributed by atoms with van der Waals surface area (Å²) in [4.78, 5) is 27.7. The number of hydrogen-bond acceptors (Lipinski definition) is 28. The maximum absolute atomic E-state index is 14.4. The first-order valence-corrected chi connectivity index (χ1v) is 33.6. The number of esters is 1. The summed E-state index contributed by atoms with van der Waals surface area (Å²) in [6.07, 6.45) is -28.1. The van der Waals surface area contributed by atoms with E-state index in [4.69, 9.17) is 56.1 Å². The van der Waals surface area contributed by atoms with Crippen molar-refractivity contribution in [2.24, 2.45) is 51.2 Å². The summed E-state index contributed by atoms with van der Waals surface area (Å²) in [5.74, 6) is -1.94. The molecule has 5 heterocycles. The van der Waals surface area contributed by atoms with Crippen molar-refractivity contribution in [1.29, 1.82) is 0 Å². The molecule has 0 aromatic carbocycles. The number of aliphatic hydroxyl groups excluding tert-OH is 7. The van der Waals surface area contributed by atoms with E-state index in [1.165, 1.54) is 12.5 Å². The molecule has 9 aliphatic rings. The van der Waals surface area contributed by atoms with Crippen LogP contribution in [0.3, 0.4) is 0 Å². The zero-order valence-electron chi connectivity index (χ0n) is 50.2. The second-order valence-electron chi connectivity index (χ2n) is 26.9. The normalized spacial score (nSPS) is 47.1. The van der Waals surface area contributed by atoms with Crippen molar-refractivity contribution in [3.8, 4) is 0 Å². The van der Waals surface area contributed by atoms with Crippen LogP contribution in [0.1, 0.15) is 113 Å². The summed E-state index contributed by atoms with van der Waals surface area (Å²) in [5, 5.41) is 79.5. The van der Waals surface area contributed by atoms with Crippen molar-refractivity contribution in [1.82, 2.24) is 0 Å². The molecule has 4 aliphatic carbocycles. The Bertz CT molecular complexity index is 2910. The fraction of sp³-hybridized carbons (Fsp3) is 0.926. The van der Waals surface area contributed by atoms with E-state index in [2.05, 4.69) is 42.1 Å². The largest absolute Gasteiger partial charge is 0.458 e. The highest BCUT2D eigenvalue weighted by atomic mass is 32.3. The fourth-order valence-corrected chi connectivity index (χ4v) is 17.8. The molecule has 0 aromatic rings. The predicted octanol–water partition coefficient (Wildman–Crippen LogP) is -0.443. The number of ketones is 1. The smallest absolute Gasteiger partial charge is 0.397 e. The predicted molar refractivity (Wildman–Crippen MR) is 292 cm³/mol.